The molecule has 0 aromatic heterocycles. The van der Waals surface area contributed by atoms with Crippen molar-refractivity contribution in [2.24, 2.45) is 11.5 Å². The fraction of sp³-hybridized carbons (Fsp3) is 0.846. The molecule has 2 aliphatic rings. The minimum absolute atomic E-state index is 0.0330. The molecule has 0 saturated carbocycles. The van der Waals surface area contributed by atoms with Gasteiger partial charge in [0, 0.05) is 25.6 Å². The molecule has 2 saturated heterocycles. The molecule has 3 atom stereocenters. The molecule has 2 heterocycles. The van der Waals surface area contributed by atoms with Crippen LogP contribution in [0.5, 0.6) is 0 Å². The lowest BCUT2D eigenvalue weighted by atomic mass is 9.82. The smallest absolute Gasteiger partial charge is 0.508 e. The van der Waals surface area contributed by atoms with Crippen molar-refractivity contribution < 1.29 is 23.6 Å². The second-order valence-electron chi connectivity index (χ2n) is 6.22. The van der Waals surface area contributed by atoms with Gasteiger partial charge in [0.25, 0.3) is 0 Å². The Labute approximate surface area is 130 Å². The molecule has 22 heavy (non-hydrogen) atoms. The lowest BCUT2D eigenvalue weighted by Crippen LogP contribution is -2.61. The van der Waals surface area contributed by atoms with Crippen molar-refractivity contribution in [3.63, 3.8) is 0 Å². The normalized spacial score (nSPS) is 30.6. The number of likely N-dealkylation sites (tertiary alicyclic amines) is 1. The van der Waals surface area contributed by atoms with Gasteiger partial charge in [-0.15, -0.1) is 0 Å². The second-order valence-corrected chi connectivity index (χ2v) is 6.22. The molecule has 2 aliphatic heterocycles. The summed E-state index contributed by atoms with van der Waals surface area (Å²) in [7, 11) is -0.688. The van der Waals surface area contributed by atoms with Gasteiger partial charge in [-0.25, -0.2) is 0 Å². The van der Waals surface area contributed by atoms with Crippen LogP contribution in [0.1, 0.15) is 20.8 Å². The fourth-order valence-electron chi connectivity index (χ4n) is 2.69. The average Bonchev–Trinajstić information content (AvgIpc) is 2.74. The summed E-state index contributed by atoms with van der Waals surface area (Å²) in [6.07, 6.45) is -0.248. The summed E-state index contributed by atoms with van der Waals surface area (Å²) < 4.78 is 16.6. The molecule has 2 rings (SSSR count). The molecule has 8 nitrogen and oxygen atoms in total. The zero-order chi connectivity index (χ0) is 16.5. The fourth-order valence-corrected chi connectivity index (χ4v) is 2.69. The van der Waals surface area contributed by atoms with Gasteiger partial charge in [-0.05, 0) is 20.8 Å². The third kappa shape index (κ3) is 3.43. The molecule has 2 fully saturated rings. The molecule has 0 aromatic rings. The summed E-state index contributed by atoms with van der Waals surface area (Å²) in [6, 6.07) is -0.652. The lowest BCUT2D eigenvalue weighted by molar-refractivity contribution is -0.148. The predicted molar refractivity (Wildman–Crippen MR) is 79.8 cm³/mol. The number of hydrogen-bond acceptors (Lipinski definition) is 7. The van der Waals surface area contributed by atoms with E-state index < -0.39 is 30.8 Å². The van der Waals surface area contributed by atoms with Gasteiger partial charge in [-0.2, -0.15) is 0 Å². The Bertz CT molecular complexity index is 447. The Hall–Kier alpha value is -1.16. The summed E-state index contributed by atoms with van der Waals surface area (Å²) in [5, 5.41) is 0. The summed E-state index contributed by atoms with van der Waals surface area (Å²) in [5.74, 6) is -0.870. The minimum atomic E-state index is -1.39. The highest BCUT2D eigenvalue weighted by atomic mass is 16.6. The van der Waals surface area contributed by atoms with Gasteiger partial charge in [-0.3, -0.25) is 9.59 Å². The Balaban J connectivity index is 2.12. The number of fused-ring (bicyclic) bond motifs is 1. The van der Waals surface area contributed by atoms with E-state index in [4.69, 9.17) is 25.5 Å². The van der Waals surface area contributed by atoms with Crippen LogP contribution in [-0.4, -0.2) is 67.4 Å². The standard InChI is InChI=1S/C13H24BN3O5/c1-8(2)21-14-4-5-20-10-6-17(11(18)9(3)15)7-13(10,16)12(19)22-14/h8-10H,4-7,15-16H2,1-3H3. The molecule has 4 N–H and O–H groups in total. The van der Waals surface area contributed by atoms with E-state index >= 15 is 0 Å². The zero-order valence-corrected chi connectivity index (χ0v) is 13.3. The van der Waals surface area contributed by atoms with Crippen LogP contribution >= 0.6 is 0 Å². The van der Waals surface area contributed by atoms with Crippen LogP contribution in [0.4, 0.5) is 0 Å². The van der Waals surface area contributed by atoms with Crippen molar-refractivity contribution in [2.45, 2.75) is 50.9 Å². The van der Waals surface area contributed by atoms with Crippen molar-refractivity contribution in [2.75, 3.05) is 19.7 Å². The molecule has 0 radical (unpaired) electrons. The molecule has 0 bridgehead atoms. The first kappa shape index (κ1) is 17.2. The van der Waals surface area contributed by atoms with E-state index in [1.807, 2.05) is 13.8 Å². The topological polar surface area (TPSA) is 117 Å². The monoisotopic (exact) mass is 313 g/mol. The van der Waals surface area contributed by atoms with E-state index in [1.165, 1.54) is 4.90 Å². The Morgan fingerprint density at radius 1 is 1.50 bits per heavy atom. The average molecular weight is 313 g/mol. The van der Waals surface area contributed by atoms with Gasteiger partial charge in [0.15, 0.2) is 5.54 Å². The van der Waals surface area contributed by atoms with Crippen LogP contribution in [0.2, 0.25) is 6.32 Å². The number of ether oxygens (including phenoxy) is 1. The third-order valence-corrected chi connectivity index (χ3v) is 3.83. The zero-order valence-electron chi connectivity index (χ0n) is 13.3. The quantitative estimate of drug-likeness (QED) is 0.624. The van der Waals surface area contributed by atoms with E-state index in [0.29, 0.717) is 12.9 Å². The number of rotatable bonds is 3. The van der Waals surface area contributed by atoms with Gasteiger partial charge < -0.3 is 30.4 Å². The number of nitrogens with two attached hydrogens (primary N) is 2. The van der Waals surface area contributed by atoms with Gasteiger partial charge in [0.05, 0.1) is 12.6 Å². The van der Waals surface area contributed by atoms with Crippen LogP contribution in [0, 0.1) is 0 Å². The van der Waals surface area contributed by atoms with E-state index in [0.717, 1.165) is 0 Å². The van der Waals surface area contributed by atoms with Crippen LogP contribution in [0.15, 0.2) is 0 Å². The Kier molecular flexibility index (Phi) is 5.11. The highest BCUT2D eigenvalue weighted by Gasteiger charge is 2.54. The van der Waals surface area contributed by atoms with Crippen molar-refractivity contribution >= 4 is 19.0 Å². The van der Waals surface area contributed by atoms with Crippen LogP contribution in [-0.2, 0) is 23.6 Å². The van der Waals surface area contributed by atoms with Crippen molar-refractivity contribution in [3.8, 4) is 0 Å². The number of nitrogens with zero attached hydrogens (tertiary/aromatic N) is 1. The molecular weight excluding hydrogens is 289 g/mol. The van der Waals surface area contributed by atoms with E-state index in [9.17, 15) is 9.59 Å². The predicted octanol–water partition coefficient (Wildman–Crippen LogP) is -1.27. The summed E-state index contributed by atoms with van der Waals surface area (Å²) in [4.78, 5) is 25.9. The molecule has 9 heteroatoms. The maximum atomic E-state index is 12.4. The van der Waals surface area contributed by atoms with E-state index in [2.05, 4.69) is 0 Å². The van der Waals surface area contributed by atoms with Crippen molar-refractivity contribution in [1.82, 2.24) is 4.90 Å². The lowest BCUT2D eigenvalue weighted by Gasteiger charge is -2.32. The Morgan fingerprint density at radius 2 is 2.18 bits per heavy atom. The van der Waals surface area contributed by atoms with Gasteiger partial charge in [0.2, 0.25) is 5.91 Å². The first-order valence-electron chi connectivity index (χ1n) is 7.55. The SMILES string of the molecule is CC(C)OB1CCOC2CN(C(=O)C(C)N)CC2(N)C(=O)O1. The largest absolute Gasteiger partial charge is 0.529 e. The number of amides is 1. The molecule has 0 aromatic carbocycles. The third-order valence-electron chi connectivity index (χ3n) is 3.83. The minimum Gasteiger partial charge on any atom is -0.508 e. The molecule has 0 spiro atoms. The first-order chi connectivity index (χ1) is 10.2. The van der Waals surface area contributed by atoms with E-state index in [-0.39, 0.29) is 25.1 Å². The molecule has 0 aliphatic carbocycles. The van der Waals surface area contributed by atoms with Gasteiger partial charge >= 0.3 is 13.1 Å². The first-order valence-corrected chi connectivity index (χ1v) is 7.55. The highest BCUT2D eigenvalue weighted by molar-refractivity contribution is 6.47. The molecule has 124 valence electrons. The maximum absolute atomic E-state index is 12.4. The second kappa shape index (κ2) is 6.53. The number of hydrogen-bond donors (Lipinski definition) is 2. The van der Waals surface area contributed by atoms with E-state index in [1.54, 1.807) is 6.92 Å². The summed E-state index contributed by atoms with van der Waals surface area (Å²) in [6.45, 7) is 5.92. The van der Waals surface area contributed by atoms with Crippen LogP contribution < -0.4 is 11.5 Å². The highest BCUT2D eigenvalue weighted by Crippen LogP contribution is 2.27. The van der Waals surface area contributed by atoms with Gasteiger partial charge in [-0.1, -0.05) is 0 Å². The summed E-state index contributed by atoms with van der Waals surface area (Å²) >= 11 is 0. The number of carbonyl (C=O) groups is 2. The van der Waals surface area contributed by atoms with Crippen molar-refractivity contribution in [3.05, 3.63) is 0 Å². The maximum Gasteiger partial charge on any atom is 0.529 e. The van der Waals surface area contributed by atoms with Crippen molar-refractivity contribution in [1.29, 1.82) is 0 Å². The summed E-state index contributed by atoms with van der Waals surface area (Å²) in [5.41, 5.74) is 10.4. The van der Waals surface area contributed by atoms with Crippen LogP contribution in [0.3, 0.4) is 0 Å². The number of carbonyl (C=O) groups excluding carboxylic acids is 2. The Morgan fingerprint density at radius 3 is 2.77 bits per heavy atom. The molecular formula is C13H24BN3O5. The molecule has 1 amide bonds. The molecule has 3 unspecified atom stereocenters. The van der Waals surface area contributed by atoms with Gasteiger partial charge in [0.1, 0.15) is 6.10 Å². The van der Waals surface area contributed by atoms with Crippen LogP contribution in [0.25, 0.3) is 0 Å².